The SMILES string of the molecule is COC(=O)c1cnc(NC(=O)CC(C)(C)C)s1. The Balaban J connectivity index is 2.61. The van der Waals surface area contributed by atoms with Crippen molar-refractivity contribution in [1.29, 1.82) is 0 Å². The Kier molecular flexibility index (Phi) is 4.22. The first kappa shape index (κ1) is 13.6. The number of rotatable bonds is 3. The van der Waals surface area contributed by atoms with Gasteiger partial charge in [0.15, 0.2) is 5.13 Å². The van der Waals surface area contributed by atoms with E-state index in [0.29, 0.717) is 16.4 Å². The number of thiazole rings is 1. The summed E-state index contributed by atoms with van der Waals surface area (Å²) in [6, 6.07) is 0. The summed E-state index contributed by atoms with van der Waals surface area (Å²) in [7, 11) is 1.31. The highest BCUT2D eigenvalue weighted by molar-refractivity contribution is 7.17. The van der Waals surface area contributed by atoms with Gasteiger partial charge in [-0.2, -0.15) is 0 Å². The molecule has 17 heavy (non-hydrogen) atoms. The Hall–Kier alpha value is -1.43. The van der Waals surface area contributed by atoms with Crippen molar-refractivity contribution in [3.05, 3.63) is 11.1 Å². The number of hydrogen-bond acceptors (Lipinski definition) is 5. The van der Waals surface area contributed by atoms with Crippen LogP contribution in [0.15, 0.2) is 6.20 Å². The fraction of sp³-hybridized carbons (Fsp3) is 0.545. The Morgan fingerprint density at radius 2 is 2.12 bits per heavy atom. The van der Waals surface area contributed by atoms with E-state index < -0.39 is 5.97 Å². The fourth-order valence-electron chi connectivity index (χ4n) is 1.17. The molecule has 1 aromatic rings. The van der Waals surface area contributed by atoms with Gasteiger partial charge in [-0.15, -0.1) is 0 Å². The summed E-state index contributed by atoms with van der Waals surface area (Å²) < 4.78 is 4.55. The number of carbonyl (C=O) groups excluding carboxylic acids is 2. The number of nitrogens with zero attached hydrogens (tertiary/aromatic N) is 1. The molecule has 0 aliphatic rings. The van der Waals surface area contributed by atoms with Crippen molar-refractivity contribution in [2.45, 2.75) is 27.2 Å². The molecule has 0 saturated carbocycles. The molecule has 1 amide bonds. The summed E-state index contributed by atoms with van der Waals surface area (Å²) in [4.78, 5) is 27.1. The van der Waals surface area contributed by atoms with E-state index in [0.717, 1.165) is 11.3 Å². The molecule has 1 rings (SSSR count). The highest BCUT2D eigenvalue weighted by atomic mass is 32.1. The second-order valence-corrected chi connectivity index (χ2v) is 5.84. The van der Waals surface area contributed by atoms with Gasteiger partial charge in [-0.25, -0.2) is 9.78 Å². The Bertz CT molecular complexity index is 421. The molecule has 0 unspecified atom stereocenters. The number of nitrogens with one attached hydrogen (secondary N) is 1. The minimum atomic E-state index is -0.446. The third-order valence-corrected chi connectivity index (χ3v) is 2.72. The second kappa shape index (κ2) is 5.27. The smallest absolute Gasteiger partial charge is 0.349 e. The lowest BCUT2D eigenvalue weighted by atomic mass is 9.92. The number of amides is 1. The van der Waals surface area contributed by atoms with Gasteiger partial charge in [0, 0.05) is 6.42 Å². The van der Waals surface area contributed by atoms with Gasteiger partial charge in [-0.1, -0.05) is 32.1 Å². The standard InChI is InChI=1S/C11H16N2O3S/c1-11(2,3)5-8(14)13-10-12-6-7(17-10)9(15)16-4/h6H,5H2,1-4H3,(H,12,13,14). The first-order valence-corrected chi connectivity index (χ1v) is 5.97. The van der Waals surface area contributed by atoms with Gasteiger partial charge in [0.2, 0.25) is 5.91 Å². The number of ether oxygens (including phenoxy) is 1. The molecular weight excluding hydrogens is 240 g/mol. The molecule has 5 nitrogen and oxygen atoms in total. The summed E-state index contributed by atoms with van der Waals surface area (Å²) in [6.45, 7) is 5.94. The van der Waals surface area contributed by atoms with Crippen molar-refractivity contribution in [3.63, 3.8) is 0 Å². The van der Waals surface area contributed by atoms with Crippen LogP contribution in [-0.2, 0) is 9.53 Å². The highest BCUT2D eigenvalue weighted by Crippen LogP contribution is 2.22. The molecule has 0 saturated heterocycles. The van der Waals surface area contributed by atoms with Crippen molar-refractivity contribution in [3.8, 4) is 0 Å². The van der Waals surface area contributed by atoms with Crippen LogP contribution < -0.4 is 5.32 Å². The molecule has 0 fully saturated rings. The van der Waals surface area contributed by atoms with Gasteiger partial charge in [0.25, 0.3) is 0 Å². The van der Waals surface area contributed by atoms with Crippen LogP contribution in [0, 0.1) is 5.41 Å². The molecule has 6 heteroatoms. The summed E-state index contributed by atoms with van der Waals surface area (Å²) in [5.74, 6) is -0.554. The van der Waals surface area contributed by atoms with Crippen LogP contribution in [0.4, 0.5) is 5.13 Å². The quantitative estimate of drug-likeness (QED) is 0.843. The van der Waals surface area contributed by atoms with Crippen LogP contribution in [0.2, 0.25) is 0 Å². The zero-order valence-corrected chi connectivity index (χ0v) is 11.2. The monoisotopic (exact) mass is 256 g/mol. The topological polar surface area (TPSA) is 68.3 Å². The van der Waals surface area contributed by atoms with Crippen molar-refractivity contribution >= 4 is 28.3 Å². The van der Waals surface area contributed by atoms with E-state index in [-0.39, 0.29) is 11.3 Å². The van der Waals surface area contributed by atoms with Gasteiger partial charge < -0.3 is 10.1 Å². The molecule has 0 atom stereocenters. The van der Waals surface area contributed by atoms with Gasteiger partial charge in [0.1, 0.15) is 4.88 Å². The molecule has 0 aliphatic heterocycles. The number of hydrogen-bond donors (Lipinski definition) is 1. The average molecular weight is 256 g/mol. The Morgan fingerprint density at radius 3 is 2.65 bits per heavy atom. The van der Waals surface area contributed by atoms with Gasteiger partial charge in [0.05, 0.1) is 13.3 Å². The molecule has 0 aliphatic carbocycles. The van der Waals surface area contributed by atoms with Crippen LogP contribution >= 0.6 is 11.3 Å². The number of methoxy groups -OCH3 is 1. The molecule has 0 aromatic carbocycles. The molecule has 1 heterocycles. The fourth-order valence-corrected chi connectivity index (χ4v) is 1.92. The summed E-state index contributed by atoms with van der Waals surface area (Å²) in [6.07, 6.45) is 1.79. The van der Waals surface area contributed by atoms with Gasteiger partial charge >= 0.3 is 5.97 Å². The van der Waals surface area contributed by atoms with E-state index in [9.17, 15) is 9.59 Å². The molecular formula is C11H16N2O3S. The lowest BCUT2D eigenvalue weighted by Gasteiger charge is -2.16. The van der Waals surface area contributed by atoms with Crippen LogP contribution in [0.3, 0.4) is 0 Å². The molecule has 0 spiro atoms. The van der Waals surface area contributed by atoms with E-state index in [2.05, 4.69) is 15.0 Å². The zero-order valence-electron chi connectivity index (χ0n) is 10.4. The largest absolute Gasteiger partial charge is 0.465 e. The maximum atomic E-state index is 11.6. The maximum absolute atomic E-state index is 11.6. The van der Waals surface area contributed by atoms with Crippen molar-refractivity contribution in [2.24, 2.45) is 5.41 Å². The molecule has 1 aromatic heterocycles. The minimum Gasteiger partial charge on any atom is -0.465 e. The summed E-state index contributed by atoms with van der Waals surface area (Å²) >= 11 is 1.10. The summed E-state index contributed by atoms with van der Waals surface area (Å²) in [5, 5.41) is 3.07. The lowest BCUT2D eigenvalue weighted by Crippen LogP contribution is -2.19. The minimum absolute atomic E-state index is 0.0769. The Labute approximate surface area is 104 Å². The molecule has 1 N–H and O–H groups in total. The van der Waals surface area contributed by atoms with E-state index >= 15 is 0 Å². The predicted molar refractivity (Wildman–Crippen MR) is 66.2 cm³/mol. The van der Waals surface area contributed by atoms with Gasteiger partial charge in [-0.05, 0) is 5.41 Å². The summed E-state index contributed by atoms with van der Waals surface area (Å²) in [5.41, 5.74) is -0.0769. The first-order chi connectivity index (χ1) is 7.81. The zero-order chi connectivity index (χ0) is 13.1. The van der Waals surface area contributed by atoms with E-state index in [1.165, 1.54) is 13.3 Å². The van der Waals surface area contributed by atoms with Crippen molar-refractivity contribution in [2.75, 3.05) is 12.4 Å². The van der Waals surface area contributed by atoms with Gasteiger partial charge in [-0.3, -0.25) is 4.79 Å². The lowest BCUT2D eigenvalue weighted by molar-refractivity contribution is -0.117. The normalized spacial score (nSPS) is 11.1. The first-order valence-electron chi connectivity index (χ1n) is 5.16. The van der Waals surface area contributed by atoms with Crippen molar-refractivity contribution < 1.29 is 14.3 Å². The van der Waals surface area contributed by atoms with E-state index in [1.807, 2.05) is 20.8 Å². The van der Waals surface area contributed by atoms with Crippen molar-refractivity contribution in [1.82, 2.24) is 4.98 Å². The average Bonchev–Trinajstić information content (AvgIpc) is 2.62. The second-order valence-electron chi connectivity index (χ2n) is 4.81. The third kappa shape index (κ3) is 4.52. The van der Waals surface area contributed by atoms with E-state index in [1.54, 1.807) is 0 Å². The maximum Gasteiger partial charge on any atom is 0.349 e. The third-order valence-electron chi connectivity index (χ3n) is 1.83. The molecule has 94 valence electrons. The number of aromatic nitrogens is 1. The van der Waals surface area contributed by atoms with Crippen LogP contribution in [0.5, 0.6) is 0 Å². The molecule has 0 radical (unpaired) electrons. The van der Waals surface area contributed by atoms with E-state index in [4.69, 9.17) is 0 Å². The van der Waals surface area contributed by atoms with Crippen LogP contribution in [0.25, 0.3) is 0 Å². The number of anilines is 1. The number of carbonyl (C=O) groups is 2. The Morgan fingerprint density at radius 1 is 1.47 bits per heavy atom. The predicted octanol–water partition coefficient (Wildman–Crippen LogP) is 2.30. The number of esters is 1. The van der Waals surface area contributed by atoms with Crippen LogP contribution in [-0.4, -0.2) is 24.0 Å². The highest BCUT2D eigenvalue weighted by Gasteiger charge is 2.17. The van der Waals surface area contributed by atoms with Crippen LogP contribution in [0.1, 0.15) is 36.9 Å². The molecule has 0 bridgehead atoms.